The van der Waals surface area contributed by atoms with Gasteiger partial charge in [-0.05, 0) is 24.6 Å². The second-order valence-electron chi connectivity index (χ2n) is 8.38. The molecule has 6 nitrogen and oxygen atoms in total. The van der Waals surface area contributed by atoms with Crippen molar-refractivity contribution in [1.82, 2.24) is 9.78 Å². The van der Waals surface area contributed by atoms with Crippen molar-refractivity contribution in [2.45, 2.75) is 12.2 Å². The number of aryl methyl sites for hydroxylation is 1. The lowest BCUT2D eigenvalue weighted by Gasteiger charge is -2.22. The smallest absolute Gasteiger partial charge is 0.323 e. The van der Waals surface area contributed by atoms with Gasteiger partial charge in [0.1, 0.15) is 24.0 Å². The Morgan fingerprint density at radius 2 is 1.81 bits per heavy atom. The summed E-state index contributed by atoms with van der Waals surface area (Å²) in [6.45, 7) is 1.30. The van der Waals surface area contributed by atoms with E-state index in [1.54, 1.807) is 4.68 Å². The van der Waals surface area contributed by atoms with E-state index in [9.17, 15) is 19.1 Å². The van der Waals surface area contributed by atoms with Gasteiger partial charge < -0.3 is 5.11 Å². The zero-order valence-corrected chi connectivity index (χ0v) is 20.0. The maximum atomic E-state index is 15.1. The normalized spacial score (nSPS) is 15.5. The van der Waals surface area contributed by atoms with E-state index in [-0.39, 0.29) is 17.1 Å². The zero-order chi connectivity index (χ0) is 25.4. The van der Waals surface area contributed by atoms with Gasteiger partial charge in [0.2, 0.25) is 5.91 Å². The number of aliphatic carboxylic acids is 1. The van der Waals surface area contributed by atoms with Crippen LogP contribution in [0.5, 0.6) is 0 Å². The number of fused-ring (bicyclic) bond motifs is 1. The highest BCUT2D eigenvalue weighted by Gasteiger charge is 2.38. The predicted octanol–water partition coefficient (Wildman–Crippen LogP) is 5.38. The molecule has 182 valence electrons. The Hall–Kier alpha value is -3.98. The summed E-state index contributed by atoms with van der Waals surface area (Å²) in [4.78, 5) is 26.3. The number of hydrogen-bond donors (Lipinski definition) is 1. The average molecular weight is 506 g/mol. The number of amides is 1. The topological polar surface area (TPSA) is 75.4 Å². The van der Waals surface area contributed by atoms with Crippen molar-refractivity contribution < 1.29 is 23.5 Å². The third-order valence-electron chi connectivity index (χ3n) is 6.02. The SMILES string of the molecule is Cc1ccccc1-n1nc(-c2ccccc2)c2c1N(CC(=O)O)C(=O)CSC2c1ccc(F)cc1F. The molecule has 0 radical (unpaired) electrons. The molecule has 0 spiro atoms. The maximum absolute atomic E-state index is 15.1. The van der Waals surface area contributed by atoms with Crippen molar-refractivity contribution in [3.8, 4) is 16.9 Å². The quantitative estimate of drug-likeness (QED) is 0.394. The van der Waals surface area contributed by atoms with Gasteiger partial charge in [0.05, 0.1) is 22.4 Å². The molecule has 1 amide bonds. The number of para-hydroxylation sites is 1. The number of nitrogens with zero attached hydrogens (tertiary/aromatic N) is 3. The third-order valence-corrected chi connectivity index (χ3v) is 7.25. The van der Waals surface area contributed by atoms with Crippen LogP contribution in [0.25, 0.3) is 16.9 Å². The largest absolute Gasteiger partial charge is 0.480 e. The van der Waals surface area contributed by atoms with Crippen LogP contribution >= 0.6 is 11.8 Å². The number of anilines is 1. The van der Waals surface area contributed by atoms with E-state index in [4.69, 9.17) is 5.10 Å². The van der Waals surface area contributed by atoms with E-state index >= 15 is 4.39 Å². The number of carbonyl (C=O) groups is 2. The van der Waals surface area contributed by atoms with Crippen LogP contribution in [0.3, 0.4) is 0 Å². The number of rotatable bonds is 5. The number of carboxylic acid groups (broad SMARTS) is 1. The lowest BCUT2D eigenvalue weighted by Crippen LogP contribution is -2.38. The second kappa shape index (κ2) is 9.58. The Kier molecular flexibility index (Phi) is 6.32. The number of benzene rings is 3. The fourth-order valence-electron chi connectivity index (χ4n) is 4.39. The summed E-state index contributed by atoms with van der Waals surface area (Å²) in [5, 5.41) is 13.8. The van der Waals surface area contributed by atoms with Crippen LogP contribution in [0.1, 0.15) is 21.9 Å². The molecule has 5 rings (SSSR count). The maximum Gasteiger partial charge on any atom is 0.323 e. The van der Waals surface area contributed by atoms with Gasteiger partial charge >= 0.3 is 5.97 Å². The molecule has 1 N–H and O–H groups in total. The lowest BCUT2D eigenvalue weighted by atomic mass is 9.99. The first-order chi connectivity index (χ1) is 17.3. The van der Waals surface area contributed by atoms with Crippen molar-refractivity contribution in [2.75, 3.05) is 17.2 Å². The van der Waals surface area contributed by atoms with E-state index in [1.807, 2.05) is 61.5 Å². The molecule has 0 aliphatic carbocycles. The van der Waals surface area contributed by atoms with Gasteiger partial charge in [0.25, 0.3) is 0 Å². The Labute approximate surface area is 210 Å². The minimum atomic E-state index is -1.19. The molecule has 1 unspecified atom stereocenters. The molecule has 4 aromatic rings. The Bertz CT molecular complexity index is 1470. The molecule has 1 aliphatic heterocycles. The zero-order valence-electron chi connectivity index (χ0n) is 19.2. The van der Waals surface area contributed by atoms with E-state index in [2.05, 4.69) is 0 Å². The van der Waals surface area contributed by atoms with Crippen LogP contribution in [-0.4, -0.2) is 39.1 Å². The monoisotopic (exact) mass is 505 g/mol. The Morgan fingerprint density at radius 1 is 1.08 bits per heavy atom. The van der Waals surface area contributed by atoms with Crippen LogP contribution in [-0.2, 0) is 9.59 Å². The van der Waals surface area contributed by atoms with Gasteiger partial charge in [-0.25, -0.2) is 13.5 Å². The minimum absolute atomic E-state index is 0.0918. The summed E-state index contributed by atoms with van der Waals surface area (Å²) < 4.78 is 30.5. The lowest BCUT2D eigenvalue weighted by molar-refractivity contribution is -0.136. The molecule has 36 heavy (non-hydrogen) atoms. The molecule has 3 aromatic carbocycles. The summed E-state index contributed by atoms with van der Waals surface area (Å²) in [5.41, 5.74) is 3.40. The van der Waals surface area contributed by atoms with E-state index in [0.717, 1.165) is 29.0 Å². The van der Waals surface area contributed by atoms with Gasteiger partial charge in [-0.3, -0.25) is 14.5 Å². The van der Waals surface area contributed by atoms with Crippen LogP contribution in [0.2, 0.25) is 0 Å². The first kappa shape index (κ1) is 23.7. The third kappa shape index (κ3) is 4.26. The summed E-state index contributed by atoms with van der Waals surface area (Å²) in [7, 11) is 0. The molecule has 1 aromatic heterocycles. The molecule has 2 heterocycles. The predicted molar refractivity (Wildman–Crippen MR) is 134 cm³/mol. The number of halogens is 2. The van der Waals surface area contributed by atoms with Gasteiger partial charge in [0, 0.05) is 22.8 Å². The molecule has 1 aliphatic rings. The molecule has 0 bridgehead atoms. The number of aromatic nitrogens is 2. The number of hydrogen-bond acceptors (Lipinski definition) is 4. The summed E-state index contributed by atoms with van der Waals surface area (Å²) >= 11 is 1.16. The van der Waals surface area contributed by atoms with Crippen LogP contribution in [0.4, 0.5) is 14.6 Å². The summed E-state index contributed by atoms with van der Waals surface area (Å²) in [5.74, 6) is -2.93. The first-order valence-corrected chi connectivity index (χ1v) is 12.2. The standard InChI is InChI=1S/C27H21F2N3O3S/c1-16-7-5-6-10-21(16)32-27-24(25(30-32)17-8-3-2-4-9-17)26(19-12-11-18(28)13-20(19)29)36-15-22(33)31(27)14-23(34)35/h2-13,26H,14-15H2,1H3,(H,34,35). The van der Waals surface area contributed by atoms with E-state index in [1.165, 1.54) is 17.0 Å². The first-order valence-electron chi connectivity index (χ1n) is 11.2. The van der Waals surface area contributed by atoms with Gasteiger partial charge in [0.15, 0.2) is 0 Å². The van der Waals surface area contributed by atoms with Crippen molar-refractivity contribution in [2.24, 2.45) is 0 Å². The van der Waals surface area contributed by atoms with Crippen molar-refractivity contribution in [1.29, 1.82) is 0 Å². The van der Waals surface area contributed by atoms with Gasteiger partial charge in [-0.1, -0.05) is 54.6 Å². The Morgan fingerprint density at radius 3 is 2.50 bits per heavy atom. The highest BCUT2D eigenvalue weighted by Crippen LogP contribution is 2.49. The van der Waals surface area contributed by atoms with Crippen molar-refractivity contribution >= 4 is 29.5 Å². The fourth-order valence-corrected chi connectivity index (χ4v) is 5.61. The molecular formula is C27H21F2N3O3S. The Balaban J connectivity index is 1.88. The van der Waals surface area contributed by atoms with Crippen molar-refractivity contribution in [3.63, 3.8) is 0 Å². The van der Waals surface area contributed by atoms with Crippen molar-refractivity contribution in [3.05, 3.63) is 101 Å². The molecule has 0 saturated heterocycles. The fraction of sp³-hybridized carbons (Fsp3) is 0.148. The number of carbonyl (C=O) groups excluding carboxylic acids is 1. The van der Waals surface area contributed by atoms with Gasteiger partial charge in [-0.15, -0.1) is 11.8 Å². The van der Waals surface area contributed by atoms with Crippen LogP contribution in [0, 0.1) is 18.6 Å². The van der Waals surface area contributed by atoms with E-state index in [0.29, 0.717) is 16.9 Å². The van der Waals surface area contributed by atoms with Gasteiger partial charge in [-0.2, -0.15) is 5.10 Å². The molecule has 0 fully saturated rings. The average Bonchev–Trinajstić information content (AvgIpc) is 3.18. The van der Waals surface area contributed by atoms with Crippen LogP contribution in [0.15, 0.2) is 72.8 Å². The molecule has 9 heteroatoms. The van der Waals surface area contributed by atoms with Crippen LogP contribution < -0.4 is 4.90 Å². The number of thioether (sulfide) groups is 1. The molecular weight excluding hydrogens is 484 g/mol. The number of carboxylic acids is 1. The summed E-state index contributed by atoms with van der Waals surface area (Å²) in [6.07, 6.45) is 0. The minimum Gasteiger partial charge on any atom is -0.480 e. The highest BCUT2D eigenvalue weighted by molar-refractivity contribution is 8.00. The highest BCUT2D eigenvalue weighted by atomic mass is 32.2. The second-order valence-corrected chi connectivity index (χ2v) is 9.47. The van der Waals surface area contributed by atoms with E-state index < -0.39 is 35.3 Å². The molecule has 0 saturated carbocycles. The molecule has 1 atom stereocenters. The summed E-state index contributed by atoms with van der Waals surface area (Å²) in [6, 6.07) is 20.0.